The van der Waals surface area contributed by atoms with E-state index in [1.165, 1.54) is 51.4 Å². The molecule has 5 fully saturated rings. The van der Waals surface area contributed by atoms with Crippen molar-refractivity contribution in [3.05, 3.63) is 0 Å². The summed E-state index contributed by atoms with van der Waals surface area (Å²) in [6.45, 7) is 1.26. The van der Waals surface area contributed by atoms with Gasteiger partial charge in [-0.05, 0) is 75.0 Å². The summed E-state index contributed by atoms with van der Waals surface area (Å²) in [4.78, 5) is 12.8. The maximum absolute atomic E-state index is 12.8. The van der Waals surface area contributed by atoms with Crippen LogP contribution in [0.3, 0.4) is 0 Å². The van der Waals surface area contributed by atoms with Crippen LogP contribution in [0.25, 0.3) is 0 Å². The van der Waals surface area contributed by atoms with Crippen molar-refractivity contribution in [3.63, 3.8) is 0 Å². The quantitative estimate of drug-likeness (QED) is 0.618. The van der Waals surface area contributed by atoms with Gasteiger partial charge in [0, 0.05) is 0 Å². The van der Waals surface area contributed by atoms with Crippen LogP contribution in [0.15, 0.2) is 0 Å². The molecule has 1 amide bonds. The first kappa shape index (κ1) is 15.0. The fourth-order valence-electron chi connectivity index (χ4n) is 6.27. The summed E-state index contributed by atoms with van der Waals surface area (Å²) in [7, 11) is 0. The average Bonchev–Trinajstić information content (AvgIpc) is 2.51. The summed E-state index contributed by atoms with van der Waals surface area (Å²) in [5.41, 5.74) is -0.0249. The second kappa shape index (κ2) is 6.14. The average molecular weight is 305 g/mol. The summed E-state index contributed by atoms with van der Waals surface area (Å²) in [5.74, 6) is 3.53. The first-order chi connectivity index (χ1) is 10.7. The van der Waals surface area contributed by atoms with Crippen LogP contribution in [-0.2, 0) is 9.53 Å². The van der Waals surface area contributed by atoms with Crippen LogP contribution in [0.2, 0.25) is 0 Å². The van der Waals surface area contributed by atoms with Crippen LogP contribution in [-0.4, -0.2) is 19.2 Å². The molecule has 4 bridgehead atoms. The molecule has 0 aromatic heterocycles. The monoisotopic (exact) mass is 305 g/mol. The number of hydrogen-bond donors (Lipinski definition) is 1. The van der Waals surface area contributed by atoms with Crippen LogP contribution in [0.5, 0.6) is 0 Å². The summed E-state index contributed by atoms with van der Waals surface area (Å²) < 4.78 is 5.78. The third-order valence-electron chi connectivity index (χ3n) is 6.93. The summed E-state index contributed by atoms with van der Waals surface area (Å²) >= 11 is 0. The molecule has 0 atom stereocenters. The lowest BCUT2D eigenvalue weighted by Crippen LogP contribution is -2.53. The Balaban J connectivity index is 1.24. The highest BCUT2D eigenvalue weighted by atomic mass is 16.5. The summed E-state index contributed by atoms with van der Waals surface area (Å²) in [5, 5.41) is 3.12. The molecular formula is C19H31NO2. The van der Waals surface area contributed by atoms with E-state index >= 15 is 0 Å². The normalized spacial score (nSPS) is 40.8. The SMILES string of the molecule is O=C(NCOCC1CCCCC1)C12CC3CC(CC(C3)C1)C2. The molecule has 0 spiro atoms. The highest BCUT2D eigenvalue weighted by Crippen LogP contribution is 2.60. The lowest BCUT2D eigenvalue weighted by atomic mass is 9.49. The summed E-state index contributed by atoms with van der Waals surface area (Å²) in [6.07, 6.45) is 14.3. The van der Waals surface area contributed by atoms with Gasteiger partial charge in [0.15, 0.2) is 0 Å². The van der Waals surface area contributed by atoms with E-state index in [2.05, 4.69) is 5.32 Å². The Labute approximate surface area is 134 Å². The van der Waals surface area contributed by atoms with Crippen molar-refractivity contribution >= 4 is 5.91 Å². The van der Waals surface area contributed by atoms with Gasteiger partial charge in [0.25, 0.3) is 0 Å². The molecule has 5 aliphatic carbocycles. The fraction of sp³-hybridized carbons (Fsp3) is 0.947. The minimum Gasteiger partial charge on any atom is -0.361 e. The topological polar surface area (TPSA) is 38.3 Å². The Bertz CT molecular complexity index is 378. The Morgan fingerprint density at radius 2 is 1.55 bits per heavy atom. The molecule has 0 heterocycles. The van der Waals surface area contributed by atoms with Gasteiger partial charge in [-0.25, -0.2) is 0 Å². The zero-order valence-corrected chi connectivity index (χ0v) is 13.8. The number of carbonyl (C=O) groups is 1. The second-order valence-corrected chi connectivity index (χ2v) is 8.72. The summed E-state index contributed by atoms with van der Waals surface area (Å²) in [6, 6.07) is 0. The number of ether oxygens (including phenoxy) is 1. The fourth-order valence-corrected chi connectivity index (χ4v) is 6.27. The predicted octanol–water partition coefficient (Wildman–Crippen LogP) is 3.87. The zero-order chi connectivity index (χ0) is 15.0. The van der Waals surface area contributed by atoms with E-state index < -0.39 is 0 Å². The van der Waals surface area contributed by atoms with Gasteiger partial charge >= 0.3 is 0 Å². The highest BCUT2D eigenvalue weighted by Gasteiger charge is 2.54. The first-order valence-corrected chi connectivity index (χ1v) is 9.59. The van der Waals surface area contributed by atoms with E-state index in [-0.39, 0.29) is 5.41 Å². The number of hydrogen-bond acceptors (Lipinski definition) is 2. The van der Waals surface area contributed by atoms with Gasteiger partial charge in [0.05, 0.1) is 12.0 Å². The molecule has 0 saturated heterocycles. The smallest absolute Gasteiger partial charge is 0.228 e. The lowest BCUT2D eigenvalue weighted by Gasteiger charge is -2.55. The standard InChI is InChI=1S/C19H31NO2/c21-18(20-13-22-12-14-4-2-1-3-5-14)19-9-15-6-16(10-19)8-17(7-15)11-19/h14-17H,1-13H2,(H,20,21). The van der Waals surface area contributed by atoms with Crippen molar-refractivity contribution in [2.45, 2.75) is 70.6 Å². The molecule has 0 aromatic carbocycles. The molecule has 124 valence electrons. The van der Waals surface area contributed by atoms with E-state index in [1.54, 1.807) is 0 Å². The van der Waals surface area contributed by atoms with Crippen LogP contribution >= 0.6 is 0 Å². The molecule has 0 unspecified atom stereocenters. The molecule has 5 saturated carbocycles. The molecule has 0 aliphatic heterocycles. The van der Waals surface area contributed by atoms with Crippen molar-refractivity contribution in [2.75, 3.05) is 13.3 Å². The maximum atomic E-state index is 12.8. The number of nitrogens with one attached hydrogen (secondary N) is 1. The highest BCUT2D eigenvalue weighted by molar-refractivity contribution is 5.83. The maximum Gasteiger partial charge on any atom is 0.228 e. The van der Waals surface area contributed by atoms with Gasteiger partial charge < -0.3 is 10.1 Å². The van der Waals surface area contributed by atoms with Crippen LogP contribution in [0.4, 0.5) is 0 Å². The zero-order valence-electron chi connectivity index (χ0n) is 13.8. The van der Waals surface area contributed by atoms with Gasteiger partial charge in [0.1, 0.15) is 6.73 Å². The third kappa shape index (κ3) is 2.93. The Morgan fingerprint density at radius 3 is 2.14 bits per heavy atom. The third-order valence-corrected chi connectivity index (χ3v) is 6.93. The van der Waals surface area contributed by atoms with Crippen molar-refractivity contribution in [1.29, 1.82) is 0 Å². The van der Waals surface area contributed by atoms with Crippen LogP contribution in [0, 0.1) is 29.1 Å². The van der Waals surface area contributed by atoms with Crippen molar-refractivity contribution in [3.8, 4) is 0 Å². The molecule has 0 aromatic rings. The molecule has 22 heavy (non-hydrogen) atoms. The van der Waals surface area contributed by atoms with E-state index in [9.17, 15) is 4.79 Å². The van der Waals surface area contributed by atoms with Crippen LogP contribution < -0.4 is 5.32 Å². The largest absolute Gasteiger partial charge is 0.361 e. The molecule has 5 aliphatic rings. The number of carbonyl (C=O) groups excluding carboxylic acids is 1. The minimum atomic E-state index is -0.0249. The van der Waals surface area contributed by atoms with E-state index in [1.807, 2.05) is 0 Å². The Hall–Kier alpha value is -0.570. The van der Waals surface area contributed by atoms with Crippen molar-refractivity contribution in [1.82, 2.24) is 5.32 Å². The first-order valence-electron chi connectivity index (χ1n) is 9.59. The Kier molecular flexibility index (Phi) is 4.19. The van der Waals surface area contributed by atoms with Crippen molar-refractivity contribution < 1.29 is 9.53 Å². The van der Waals surface area contributed by atoms with E-state index in [0.717, 1.165) is 49.5 Å². The van der Waals surface area contributed by atoms with E-state index in [4.69, 9.17) is 4.74 Å². The predicted molar refractivity (Wildman–Crippen MR) is 86.1 cm³/mol. The Morgan fingerprint density at radius 1 is 0.955 bits per heavy atom. The molecular weight excluding hydrogens is 274 g/mol. The van der Waals surface area contributed by atoms with Gasteiger partial charge in [-0.3, -0.25) is 4.79 Å². The number of amides is 1. The lowest BCUT2D eigenvalue weighted by molar-refractivity contribution is -0.148. The molecule has 1 N–H and O–H groups in total. The van der Waals surface area contributed by atoms with E-state index in [0.29, 0.717) is 12.6 Å². The van der Waals surface area contributed by atoms with Gasteiger partial charge in [-0.2, -0.15) is 0 Å². The number of rotatable bonds is 5. The second-order valence-electron chi connectivity index (χ2n) is 8.72. The van der Waals surface area contributed by atoms with Gasteiger partial charge in [-0.1, -0.05) is 19.3 Å². The van der Waals surface area contributed by atoms with Crippen molar-refractivity contribution in [2.24, 2.45) is 29.1 Å². The molecule has 0 radical (unpaired) electrons. The molecule has 3 nitrogen and oxygen atoms in total. The van der Waals surface area contributed by atoms with Gasteiger partial charge in [0.2, 0.25) is 5.91 Å². The van der Waals surface area contributed by atoms with Crippen LogP contribution in [0.1, 0.15) is 70.6 Å². The van der Waals surface area contributed by atoms with Gasteiger partial charge in [-0.15, -0.1) is 0 Å². The minimum absolute atomic E-state index is 0.0249. The molecule has 5 rings (SSSR count). The molecule has 3 heteroatoms.